The predicted molar refractivity (Wildman–Crippen MR) is 187 cm³/mol. The lowest BCUT2D eigenvalue weighted by Gasteiger charge is -2.35. The maximum Gasteiger partial charge on any atom is 0.321 e. The molecule has 3 aliphatic rings. The zero-order valence-corrected chi connectivity index (χ0v) is 28.8. The number of carboxylic acids is 1. The van der Waals surface area contributed by atoms with Gasteiger partial charge in [-0.05, 0) is 96.6 Å². The second-order valence-electron chi connectivity index (χ2n) is 13.4. The minimum Gasteiger partial charge on any atom is -0.485 e. The molecule has 0 aromatic heterocycles. The summed E-state index contributed by atoms with van der Waals surface area (Å²) in [7, 11) is 2.07. The first-order valence-electron chi connectivity index (χ1n) is 16.7. The Morgan fingerprint density at radius 1 is 0.959 bits per heavy atom. The van der Waals surface area contributed by atoms with Crippen LogP contribution in [0.2, 0.25) is 10.0 Å². The molecule has 49 heavy (non-hydrogen) atoms. The number of carboxylic acid groups (broad SMARTS) is 1. The van der Waals surface area contributed by atoms with Gasteiger partial charge in [0.1, 0.15) is 35.6 Å². The summed E-state index contributed by atoms with van der Waals surface area (Å²) >= 11 is 12.6. The highest BCUT2D eigenvalue weighted by Crippen LogP contribution is 2.39. The Morgan fingerprint density at radius 2 is 1.76 bits per heavy atom. The SMILES string of the molecule is CN1Cc2cc3c(cc2O[C@@H](c2ccc(O[C@@H](c4ccc(Cl)c(Cl)c4)C4CCOCC4)cc2)C1)CN(Cc1cccc(F)c1)[C@H](C(=O)O)C3. The molecule has 3 heterocycles. The average molecular weight is 706 g/mol. The number of halogens is 3. The van der Waals surface area contributed by atoms with E-state index >= 15 is 0 Å². The van der Waals surface area contributed by atoms with E-state index in [4.69, 9.17) is 37.4 Å². The Morgan fingerprint density at radius 3 is 2.49 bits per heavy atom. The molecule has 10 heteroatoms. The van der Waals surface area contributed by atoms with Crippen molar-refractivity contribution in [3.63, 3.8) is 0 Å². The van der Waals surface area contributed by atoms with Gasteiger partial charge in [0.15, 0.2) is 0 Å². The van der Waals surface area contributed by atoms with Crippen molar-refractivity contribution in [3.8, 4) is 11.5 Å². The minimum atomic E-state index is -0.881. The molecule has 0 amide bonds. The number of rotatable bonds is 8. The minimum absolute atomic E-state index is 0.191. The summed E-state index contributed by atoms with van der Waals surface area (Å²) in [4.78, 5) is 16.4. The van der Waals surface area contributed by atoms with Gasteiger partial charge in [0.25, 0.3) is 0 Å². The summed E-state index contributed by atoms with van der Waals surface area (Å²) in [6.07, 6.45) is 1.75. The van der Waals surface area contributed by atoms with E-state index in [1.165, 1.54) is 12.1 Å². The monoisotopic (exact) mass is 704 g/mol. The topological polar surface area (TPSA) is 71.5 Å². The number of fused-ring (bicyclic) bond motifs is 2. The van der Waals surface area contributed by atoms with Gasteiger partial charge in [0.05, 0.1) is 10.0 Å². The summed E-state index contributed by atoms with van der Waals surface area (Å²) in [6.45, 7) is 3.53. The molecule has 1 fully saturated rings. The highest BCUT2D eigenvalue weighted by molar-refractivity contribution is 6.42. The first-order chi connectivity index (χ1) is 23.7. The van der Waals surface area contributed by atoms with E-state index in [0.29, 0.717) is 55.9 Å². The van der Waals surface area contributed by atoms with Crippen LogP contribution in [0.15, 0.2) is 78.9 Å². The predicted octanol–water partition coefficient (Wildman–Crippen LogP) is 8.26. The van der Waals surface area contributed by atoms with Gasteiger partial charge in [-0.1, -0.05) is 59.6 Å². The zero-order chi connectivity index (χ0) is 34.1. The molecule has 1 saturated heterocycles. The zero-order valence-electron chi connectivity index (χ0n) is 27.3. The number of carbonyl (C=O) groups is 1. The molecule has 0 bridgehead atoms. The van der Waals surface area contributed by atoms with Crippen LogP contribution in [0.1, 0.15) is 58.4 Å². The van der Waals surface area contributed by atoms with Crippen LogP contribution in [0.4, 0.5) is 4.39 Å². The molecule has 0 unspecified atom stereocenters. The van der Waals surface area contributed by atoms with Gasteiger partial charge in [-0.2, -0.15) is 0 Å². The number of hydrogen-bond donors (Lipinski definition) is 1. The van der Waals surface area contributed by atoms with Crippen molar-refractivity contribution in [2.24, 2.45) is 5.92 Å². The first-order valence-corrected chi connectivity index (χ1v) is 17.5. The lowest BCUT2D eigenvalue weighted by atomic mass is 9.89. The fraction of sp³-hybridized carbons (Fsp3) is 0.359. The van der Waals surface area contributed by atoms with Crippen LogP contribution in [-0.4, -0.2) is 53.7 Å². The second-order valence-corrected chi connectivity index (χ2v) is 14.2. The molecule has 7 nitrogen and oxygen atoms in total. The van der Waals surface area contributed by atoms with Crippen molar-refractivity contribution in [1.29, 1.82) is 0 Å². The number of hydrogen-bond acceptors (Lipinski definition) is 6. The highest BCUT2D eigenvalue weighted by Gasteiger charge is 2.34. The number of nitrogens with zero attached hydrogens (tertiary/aromatic N) is 2. The normalized spacial score (nSPS) is 20.8. The Kier molecular flexibility index (Phi) is 10.1. The molecule has 0 radical (unpaired) electrons. The summed E-state index contributed by atoms with van der Waals surface area (Å²) in [6, 6.07) is 23.6. The Labute approximate surface area is 296 Å². The third-order valence-electron chi connectivity index (χ3n) is 9.84. The van der Waals surface area contributed by atoms with Crippen LogP contribution >= 0.6 is 23.2 Å². The lowest BCUT2D eigenvalue weighted by Crippen LogP contribution is -2.45. The number of benzene rings is 4. The first kappa shape index (κ1) is 33.8. The summed E-state index contributed by atoms with van der Waals surface area (Å²) < 4.78 is 32.9. The maximum atomic E-state index is 13.9. The molecule has 256 valence electrons. The fourth-order valence-corrected chi connectivity index (χ4v) is 7.60. The fourth-order valence-electron chi connectivity index (χ4n) is 7.29. The molecule has 0 spiro atoms. The second kappa shape index (κ2) is 14.7. The summed E-state index contributed by atoms with van der Waals surface area (Å²) in [5, 5.41) is 11.1. The van der Waals surface area contributed by atoms with E-state index in [0.717, 1.165) is 57.7 Å². The van der Waals surface area contributed by atoms with E-state index in [1.54, 1.807) is 6.07 Å². The molecule has 4 aromatic rings. The van der Waals surface area contributed by atoms with E-state index in [9.17, 15) is 14.3 Å². The van der Waals surface area contributed by atoms with Crippen LogP contribution in [-0.2, 0) is 35.6 Å². The number of aliphatic carboxylic acids is 1. The molecule has 0 saturated carbocycles. The van der Waals surface area contributed by atoms with Gasteiger partial charge in [0.2, 0.25) is 0 Å². The van der Waals surface area contributed by atoms with Crippen LogP contribution in [0, 0.1) is 11.7 Å². The number of likely N-dealkylation sites (N-methyl/N-ethyl adjacent to an activating group) is 1. The summed E-state index contributed by atoms with van der Waals surface area (Å²) in [5.74, 6) is 0.624. The van der Waals surface area contributed by atoms with Crippen LogP contribution < -0.4 is 9.47 Å². The van der Waals surface area contributed by atoms with Crippen molar-refractivity contribution in [3.05, 3.63) is 128 Å². The van der Waals surface area contributed by atoms with Crippen molar-refractivity contribution in [2.45, 2.75) is 57.1 Å². The van der Waals surface area contributed by atoms with Crippen molar-refractivity contribution in [1.82, 2.24) is 9.80 Å². The molecule has 4 aromatic carbocycles. The smallest absolute Gasteiger partial charge is 0.321 e. The molecule has 1 N–H and O–H groups in total. The van der Waals surface area contributed by atoms with Crippen molar-refractivity contribution < 1.29 is 28.5 Å². The van der Waals surface area contributed by atoms with Gasteiger partial charge in [0, 0.05) is 50.9 Å². The third-order valence-corrected chi connectivity index (χ3v) is 10.6. The van der Waals surface area contributed by atoms with E-state index in [-0.39, 0.29) is 23.9 Å². The Hall–Kier alpha value is -3.66. The molecule has 7 rings (SSSR count). The third kappa shape index (κ3) is 7.74. The molecule has 3 aliphatic heterocycles. The number of ether oxygens (including phenoxy) is 3. The Bertz CT molecular complexity index is 1820. The Balaban J connectivity index is 1.11. The molecular weight excluding hydrogens is 666 g/mol. The van der Waals surface area contributed by atoms with Gasteiger partial charge < -0.3 is 19.3 Å². The average Bonchev–Trinajstić information content (AvgIpc) is 3.25. The molecule has 0 aliphatic carbocycles. The van der Waals surface area contributed by atoms with Gasteiger partial charge in [-0.3, -0.25) is 14.6 Å². The largest absolute Gasteiger partial charge is 0.485 e. The quantitative estimate of drug-likeness (QED) is 0.198. The van der Waals surface area contributed by atoms with E-state index in [1.807, 2.05) is 41.3 Å². The van der Waals surface area contributed by atoms with Gasteiger partial charge in [-0.25, -0.2) is 4.39 Å². The van der Waals surface area contributed by atoms with Crippen LogP contribution in [0.3, 0.4) is 0 Å². The molecular formula is C39H39Cl2FN2O5. The van der Waals surface area contributed by atoms with Crippen LogP contribution in [0.25, 0.3) is 0 Å². The summed E-state index contributed by atoms with van der Waals surface area (Å²) in [5.41, 5.74) is 5.84. The van der Waals surface area contributed by atoms with Crippen LogP contribution in [0.5, 0.6) is 11.5 Å². The lowest BCUT2D eigenvalue weighted by molar-refractivity contribution is -0.144. The van der Waals surface area contributed by atoms with E-state index in [2.05, 4.69) is 36.2 Å². The van der Waals surface area contributed by atoms with E-state index < -0.39 is 12.0 Å². The van der Waals surface area contributed by atoms with Gasteiger partial charge in [-0.15, -0.1) is 0 Å². The standard InChI is InChI=1S/C39H39Cl2FN2O5/c1-43-21-30-16-28-18-35(39(45)46)44(20-24-3-2-4-31(42)15-24)22-29(28)19-36(30)49-37(23-43)25-5-8-32(9-6-25)48-38(26-11-13-47-14-12-26)27-7-10-33(40)34(41)17-27/h2-10,15-17,19,26,35,37-38H,11-14,18,20-23H2,1H3,(H,45,46)/t35-,37+,38+/m0/s1. The highest BCUT2D eigenvalue weighted by atomic mass is 35.5. The maximum absolute atomic E-state index is 13.9. The molecule has 3 atom stereocenters. The van der Waals surface area contributed by atoms with Crippen molar-refractivity contribution >= 4 is 29.2 Å². The van der Waals surface area contributed by atoms with Gasteiger partial charge >= 0.3 is 5.97 Å². The van der Waals surface area contributed by atoms with Crippen molar-refractivity contribution in [2.75, 3.05) is 26.8 Å².